The summed E-state index contributed by atoms with van der Waals surface area (Å²) in [6, 6.07) is 5.75. The minimum absolute atomic E-state index is 0. The summed E-state index contributed by atoms with van der Waals surface area (Å²) >= 11 is 0. The standard InChI is InChI=1S/C14H20N2O4S.ClH/c1-2-20-14(17)11-3-5-13(6-4-11)21(18,19)16-12-7-9-15-10-8-12;/h3-6,12,15-16H,2,7-10H2,1H3;1H. The Labute approximate surface area is 137 Å². The second-order valence-electron chi connectivity index (χ2n) is 4.89. The van der Waals surface area contributed by atoms with Crippen LogP contribution in [0.1, 0.15) is 30.1 Å². The van der Waals surface area contributed by atoms with E-state index in [4.69, 9.17) is 4.74 Å². The Balaban J connectivity index is 0.00000242. The summed E-state index contributed by atoms with van der Waals surface area (Å²) in [4.78, 5) is 11.7. The molecule has 0 amide bonds. The lowest BCUT2D eigenvalue weighted by Gasteiger charge is -2.23. The minimum atomic E-state index is -3.54. The van der Waals surface area contributed by atoms with Crippen LogP contribution in [0.4, 0.5) is 0 Å². The zero-order valence-electron chi connectivity index (χ0n) is 12.4. The number of esters is 1. The summed E-state index contributed by atoms with van der Waals surface area (Å²) in [6.45, 7) is 3.64. The number of carbonyl (C=O) groups is 1. The number of rotatable bonds is 5. The van der Waals surface area contributed by atoms with Crippen molar-refractivity contribution in [1.29, 1.82) is 0 Å². The summed E-state index contributed by atoms with van der Waals surface area (Å²) in [7, 11) is -3.54. The van der Waals surface area contributed by atoms with Gasteiger partial charge in [-0.05, 0) is 57.1 Å². The SMILES string of the molecule is CCOC(=O)c1ccc(S(=O)(=O)NC2CCNCC2)cc1.Cl. The molecule has 1 heterocycles. The Hall–Kier alpha value is -1.15. The Morgan fingerprint density at radius 2 is 1.86 bits per heavy atom. The van der Waals surface area contributed by atoms with Gasteiger partial charge in [0.05, 0.1) is 17.1 Å². The zero-order valence-corrected chi connectivity index (χ0v) is 14.0. The maximum Gasteiger partial charge on any atom is 0.338 e. The van der Waals surface area contributed by atoms with E-state index in [1.165, 1.54) is 24.3 Å². The van der Waals surface area contributed by atoms with E-state index in [1.54, 1.807) is 6.92 Å². The van der Waals surface area contributed by atoms with Gasteiger partial charge in [0.25, 0.3) is 0 Å². The van der Waals surface area contributed by atoms with Crippen molar-refractivity contribution in [2.75, 3.05) is 19.7 Å². The molecule has 0 spiro atoms. The molecule has 0 radical (unpaired) electrons. The average Bonchev–Trinajstić information content (AvgIpc) is 2.48. The van der Waals surface area contributed by atoms with Crippen molar-refractivity contribution < 1.29 is 17.9 Å². The summed E-state index contributed by atoms with van der Waals surface area (Å²) < 4.78 is 32.1. The number of halogens is 1. The first-order valence-corrected chi connectivity index (χ1v) is 8.51. The number of ether oxygens (including phenoxy) is 1. The van der Waals surface area contributed by atoms with E-state index in [9.17, 15) is 13.2 Å². The van der Waals surface area contributed by atoms with Gasteiger partial charge in [-0.1, -0.05) is 0 Å². The van der Waals surface area contributed by atoms with Crippen LogP contribution in [0, 0.1) is 0 Å². The van der Waals surface area contributed by atoms with Crippen molar-refractivity contribution in [3.05, 3.63) is 29.8 Å². The molecule has 6 nitrogen and oxygen atoms in total. The van der Waals surface area contributed by atoms with Crippen molar-refractivity contribution in [1.82, 2.24) is 10.0 Å². The van der Waals surface area contributed by atoms with Crippen molar-refractivity contribution in [2.24, 2.45) is 0 Å². The van der Waals surface area contributed by atoms with Crippen LogP contribution in [0.15, 0.2) is 29.2 Å². The molecule has 1 fully saturated rings. The molecule has 124 valence electrons. The van der Waals surface area contributed by atoms with E-state index in [0.717, 1.165) is 25.9 Å². The molecule has 1 aromatic rings. The highest BCUT2D eigenvalue weighted by atomic mass is 35.5. The minimum Gasteiger partial charge on any atom is -0.462 e. The van der Waals surface area contributed by atoms with Crippen LogP contribution in [0.5, 0.6) is 0 Å². The number of hydrogen-bond acceptors (Lipinski definition) is 5. The number of carbonyl (C=O) groups excluding carboxylic acids is 1. The highest BCUT2D eigenvalue weighted by molar-refractivity contribution is 7.89. The summed E-state index contributed by atoms with van der Waals surface area (Å²) in [6.07, 6.45) is 1.56. The van der Waals surface area contributed by atoms with E-state index in [-0.39, 0.29) is 30.0 Å². The molecule has 0 aromatic heterocycles. The van der Waals surface area contributed by atoms with Crippen LogP contribution in [0.3, 0.4) is 0 Å². The summed E-state index contributed by atoms with van der Waals surface area (Å²) in [5.41, 5.74) is 0.345. The third-order valence-corrected chi connectivity index (χ3v) is 4.87. The third-order valence-electron chi connectivity index (χ3n) is 3.34. The van der Waals surface area contributed by atoms with Gasteiger partial charge in [0.2, 0.25) is 10.0 Å². The van der Waals surface area contributed by atoms with Gasteiger partial charge in [-0.3, -0.25) is 0 Å². The van der Waals surface area contributed by atoms with E-state index < -0.39 is 16.0 Å². The predicted octanol–water partition coefficient (Wildman–Crippen LogP) is 1.32. The van der Waals surface area contributed by atoms with Gasteiger partial charge >= 0.3 is 5.97 Å². The molecule has 0 saturated carbocycles. The van der Waals surface area contributed by atoms with E-state index in [1.807, 2.05) is 0 Å². The Kier molecular flexibility index (Phi) is 7.28. The van der Waals surface area contributed by atoms with Gasteiger partial charge in [0.15, 0.2) is 0 Å². The molecule has 1 aliphatic heterocycles. The Morgan fingerprint density at radius 3 is 2.41 bits per heavy atom. The fraction of sp³-hybridized carbons (Fsp3) is 0.500. The second-order valence-corrected chi connectivity index (χ2v) is 6.60. The van der Waals surface area contributed by atoms with Gasteiger partial charge < -0.3 is 10.1 Å². The normalized spacial score (nSPS) is 15.9. The number of hydrogen-bond donors (Lipinski definition) is 2. The number of sulfonamides is 1. The van der Waals surface area contributed by atoms with Crippen LogP contribution in [-0.4, -0.2) is 40.1 Å². The van der Waals surface area contributed by atoms with Gasteiger partial charge in [-0.2, -0.15) is 0 Å². The predicted molar refractivity (Wildman–Crippen MR) is 85.9 cm³/mol. The van der Waals surface area contributed by atoms with E-state index in [2.05, 4.69) is 10.0 Å². The largest absolute Gasteiger partial charge is 0.462 e. The van der Waals surface area contributed by atoms with Crippen LogP contribution >= 0.6 is 12.4 Å². The highest BCUT2D eigenvalue weighted by Crippen LogP contribution is 2.14. The average molecular weight is 349 g/mol. The molecule has 0 aliphatic carbocycles. The van der Waals surface area contributed by atoms with Gasteiger partial charge in [-0.25, -0.2) is 17.9 Å². The van der Waals surface area contributed by atoms with Crippen LogP contribution < -0.4 is 10.0 Å². The molecule has 0 unspecified atom stereocenters. The topological polar surface area (TPSA) is 84.5 Å². The first-order valence-electron chi connectivity index (χ1n) is 7.03. The first kappa shape index (κ1) is 18.9. The molecule has 8 heteroatoms. The Bertz CT molecular complexity index is 583. The van der Waals surface area contributed by atoms with Crippen molar-refractivity contribution in [3.8, 4) is 0 Å². The highest BCUT2D eigenvalue weighted by Gasteiger charge is 2.21. The molecular formula is C14H21ClN2O4S. The Morgan fingerprint density at radius 1 is 1.27 bits per heavy atom. The molecule has 1 aromatic carbocycles. The van der Waals surface area contributed by atoms with Crippen LogP contribution in [-0.2, 0) is 14.8 Å². The molecule has 22 heavy (non-hydrogen) atoms. The maximum absolute atomic E-state index is 12.3. The van der Waals surface area contributed by atoms with Gasteiger partial charge in [-0.15, -0.1) is 12.4 Å². The molecule has 2 N–H and O–H groups in total. The second kappa shape index (κ2) is 8.47. The summed E-state index contributed by atoms with van der Waals surface area (Å²) in [5.74, 6) is -0.451. The maximum atomic E-state index is 12.3. The molecule has 1 aliphatic rings. The number of piperidine rings is 1. The zero-order chi connectivity index (χ0) is 15.3. The fourth-order valence-corrected chi connectivity index (χ4v) is 3.52. The summed E-state index contributed by atoms with van der Waals surface area (Å²) in [5, 5.41) is 3.19. The van der Waals surface area contributed by atoms with Crippen LogP contribution in [0.25, 0.3) is 0 Å². The van der Waals surface area contributed by atoms with Gasteiger partial charge in [0, 0.05) is 6.04 Å². The smallest absolute Gasteiger partial charge is 0.338 e. The third kappa shape index (κ3) is 4.95. The van der Waals surface area contributed by atoms with Crippen molar-refractivity contribution in [2.45, 2.75) is 30.7 Å². The van der Waals surface area contributed by atoms with Gasteiger partial charge in [0.1, 0.15) is 0 Å². The molecule has 1 saturated heterocycles. The number of benzene rings is 1. The number of nitrogens with one attached hydrogen (secondary N) is 2. The van der Waals surface area contributed by atoms with E-state index >= 15 is 0 Å². The lowest BCUT2D eigenvalue weighted by Crippen LogP contribution is -2.42. The fourth-order valence-electron chi connectivity index (χ4n) is 2.21. The quantitative estimate of drug-likeness (QED) is 0.784. The molecule has 0 bridgehead atoms. The molecule has 0 atom stereocenters. The van der Waals surface area contributed by atoms with Crippen molar-refractivity contribution >= 4 is 28.4 Å². The molecular weight excluding hydrogens is 328 g/mol. The van der Waals surface area contributed by atoms with Crippen molar-refractivity contribution in [3.63, 3.8) is 0 Å². The monoisotopic (exact) mass is 348 g/mol. The molecule has 2 rings (SSSR count). The lowest BCUT2D eigenvalue weighted by molar-refractivity contribution is 0.0526. The lowest BCUT2D eigenvalue weighted by atomic mass is 10.1. The van der Waals surface area contributed by atoms with E-state index in [0.29, 0.717) is 5.56 Å². The van der Waals surface area contributed by atoms with Crippen LogP contribution in [0.2, 0.25) is 0 Å². The first-order chi connectivity index (χ1) is 10.0.